The van der Waals surface area contributed by atoms with Crippen LogP contribution in [-0.4, -0.2) is 24.3 Å². The Morgan fingerprint density at radius 2 is 1.81 bits per heavy atom. The summed E-state index contributed by atoms with van der Waals surface area (Å²) in [5.41, 5.74) is 1.10. The minimum Gasteiger partial charge on any atom is -0.393 e. The molecule has 7 atom stereocenters. The molecule has 0 aromatic rings. The highest BCUT2D eigenvalue weighted by atomic mass is 16.3. The van der Waals surface area contributed by atoms with Crippen molar-refractivity contribution in [1.29, 1.82) is 0 Å². The smallest absolute Gasteiger partial charge is 0.0543 e. The summed E-state index contributed by atoms with van der Waals surface area (Å²) < 4.78 is 0. The summed E-state index contributed by atoms with van der Waals surface area (Å²) in [5.74, 6) is 3.68. The largest absolute Gasteiger partial charge is 0.393 e. The Morgan fingerprint density at radius 3 is 2.67 bits per heavy atom. The number of piperidine rings is 1. The van der Waals surface area contributed by atoms with Crippen molar-refractivity contribution in [2.45, 2.75) is 71.3 Å². The fourth-order valence-corrected chi connectivity index (χ4v) is 7.04. The third kappa shape index (κ3) is 2.12. The quantitative estimate of drug-likeness (QED) is 0.715. The van der Waals surface area contributed by atoms with Gasteiger partial charge < -0.3 is 10.4 Å². The highest BCUT2D eigenvalue weighted by Gasteiger charge is 2.57. The van der Waals surface area contributed by atoms with Crippen LogP contribution in [0.25, 0.3) is 0 Å². The van der Waals surface area contributed by atoms with Crippen molar-refractivity contribution in [3.05, 3.63) is 0 Å². The van der Waals surface area contributed by atoms with Crippen molar-refractivity contribution in [1.82, 2.24) is 5.32 Å². The van der Waals surface area contributed by atoms with Crippen molar-refractivity contribution >= 4 is 0 Å². The Balaban J connectivity index is 1.61. The average Bonchev–Trinajstić information content (AvgIpc) is 2.47. The monoisotopic (exact) mass is 291 g/mol. The Morgan fingerprint density at radius 1 is 0.952 bits per heavy atom. The number of hydrogen-bond acceptors (Lipinski definition) is 2. The lowest BCUT2D eigenvalue weighted by Crippen LogP contribution is -2.58. The third-order valence-corrected chi connectivity index (χ3v) is 8.32. The molecule has 4 rings (SSSR count). The van der Waals surface area contributed by atoms with Crippen molar-refractivity contribution in [2.75, 3.05) is 13.1 Å². The lowest BCUT2D eigenvalue weighted by molar-refractivity contribution is -0.133. The molecule has 0 amide bonds. The maximum Gasteiger partial charge on any atom is 0.0543 e. The molecule has 0 spiro atoms. The van der Waals surface area contributed by atoms with Gasteiger partial charge in [0.25, 0.3) is 0 Å². The van der Waals surface area contributed by atoms with Gasteiger partial charge in [0.05, 0.1) is 6.10 Å². The van der Waals surface area contributed by atoms with Gasteiger partial charge in [0, 0.05) is 6.54 Å². The molecule has 0 bridgehead atoms. The van der Waals surface area contributed by atoms with Crippen LogP contribution < -0.4 is 5.32 Å². The van der Waals surface area contributed by atoms with E-state index in [2.05, 4.69) is 19.2 Å². The van der Waals surface area contributed by atoms with Gasteiger partial charge in [-0.25, -0.2) is 0 Å². The molecular formula is C19H33NO. The van der Waals surface area contributed by atoms with E-state index < -0.39 is 0 Å². The Bertz CT molecular complexity index is 410. The second-order valence-corrected chi connectivity index (χ2v) is 9.24. The summed E-state index contributed by atoms with van der Waals surface area (Å²) in [5, 5.41) is 13.7. The van der Waals surface area contributed by atoms with E-state index in [9.17, 15) is 5.11 Å². The first-order valence-corrected chi connectivity index (χ1v) is 9.42. The third-order valence-electron chi connectivity index (χ3n) is 8.32. The van der Waals surface area contributed by atoms with Crippen LogP contribution in [0.5, 0.6) is 0 Å². The van der Waals surface area contributed by atoms with E-state index in [4.69, 9.17) is 0 Å². The zero-order valence-corrected chi connectivity index (χ0v) is 13.9. The molecule has 0 unspecified atom stereocenters. The number of fused-ring (bicyclic) bond motifs is 5. The van der Waals surface area contributed by atoms with E-state index in [1.807, 2.05) is 0 Å². The minimum absolute atomic E-state index is 0.00707. The molecule has 0 aromatic carbocycles. The minimum atomic E-state index is -0.00707. The van der Waals surface area contributed by atoms with Crippen molar-refractivity contribution in [3.63, 3.8) is 0 Å². The van der Waals surface area contributed by atoms with Gasteiger partial charge in [-0.05, 0) is 92.4 Å². The van der Waals surface area contributed by atoms with E-state index in [0.29, 0.717) is 10.8 Å². The van der Waals surface area contributed by atoms with Gasteiger partial charge in [0.1, 0.15) is 0 Å². The van der Waals surface area contributed by atoms with Crippen LogP contribution in [0, 0.1) is 34.5 Å². The molecule has 21 heavy (non-hydrogen) atoms. The summed E-state index contributed by atoms with van der Waals surface area (Å²) in [6, 6.07) is 0. The van der Waals surface area contributed by atoms with Crippen LogP contribution in [0.2, 0.25) is 0 Å². The fraction of sp³-hybridized carbons (Fsp3) is 1.00. The van der Waals surface area contributed by atoms with Crippen LogP contribution in [-0.2, 0) is 0 Å². The predicted molar refractivity (Wildman–Crippen MR) is 86.0 cm³/mol. The van der Waals surface area contributed by atoms with Crippen LogP contribution in [0.4, 0.5) is 0 Å². The van der Waals surface area contributed by atoms with Gasteiger partial charge in [-0.15, -0.1) is 0 Å². The van der Waals surface area contributed by atoms with E-state index in [-0.39, 0.29) is 6.10 Å². The zero-order valence-electron chi connectivity index (χ0n) is 13.9. The van der Waals surface area contributed by atoms with Gasteiger partial charge in [-0.1, -0.05) is 13.8 Å². The predicted octanol–water partition coefficient (Wildman–Crippen LogP) is 3.59. The first-order valence-electron chi connectivity index (χ1n) is 9.42. The molecular weight excluding hydrogens is 258 g/mol. The Labute approximate surface area is 130 Å². The van der Waals surface area contributed by atoms with Crippen molar-refractivity contribution < 1.29 is 5.11 Å². The molecule has 2 heteroatoms. The van der Waals surface area contributed by atoms with E-state index >= 15 is 0 Å². The molecule has 2 nitrogen and oxygen atoms in total. The molecule has 4 fully saturated rings. The Hall–Kier alpha value is -0.0800. The number of nitrogens with one attached hydrogen (secondary N) is 1. The van der Waals surface area contributed by atoms with Gasteiger partial charge in [-0.3, -0.25) is 0 Å². The molecule has 3 saturated carbocycles. The first-order chi connectivity index (χ1) is 10.0. The SMILES string of the molecule is C[C@]12CC[C@H]3[C@@H](CC[C@H]4C[C@H](O)CC[C@@]43C)[C@@H]1CCNC2. The van der Waals surface area contributed by atoms with Crippen LogP contribution in [0.15, 0.2) is 0 Å². The van der Waals surface area contributed by atoms with Gasteiger partial charge in [-0.2, -0.15) is 0 Å². The number of aliphatic hydroxyl groups excluding tert-OH is 1. The topological polar surface area (TPSA) is 32.3 Å². The number of rotatable bonds is 0. The molecule has 2 N–H and O–H groups in total. The van der Waals surface area contributed by atoms with E-state index in [1.54, 1.807) is 0 Å². The molecule has 120 valence electrons. The number of aliphatic hydroxyl groups is 1. The summed E-state index contributed by atoms with van der Waals surface area (Å²) in [6.45, 7) is 7.63. The zero-order chi connectivity index (χ0) is 14.7. The van der Waals surface area contributed by atoms with Crippen molar-refractivity contribution in [2.24, 2.45) is 34.5 Å². The molecule has 4 aliphatic rings. The fourth-order valence-electron chi connectivity index (χ4n) is 7.04. The van der Waals surface area contributed by atoms with Crippen LogP contribution in [0.1, 0.15) is 65.2 Å². The molecule has 1 aliphatic heterocycles. The van der Waals surface area contributed by atoms with E-state index in [1.165, 1.54) is 51.6 Å². The summed E-state index contributed by atoms with van der Waals surface area (Å²) >= 11 is 0. The molecule has 1 saturated heterocycles. The van der Waals surface area contributed by atoms with Crippen molar-refractivity contribution in [3.8, 4) is 0 Å². The summed E-state index contributed by atoms with van der Waals surface area (Å²) in [6.07, 6.45) is 10.5. The second kappa shape index (κ2) is 4.96. The number of hydrogen-bond donors (Lipinski definition) is 2. The normalized spacial score (nSPS) is 57.0. The maximum atomic E-state index is 10.1. The van der Waals surface area contributed by atoms with Gasteiger partial charge in [0.2, 0.25) is 0 Å². The maximum absolute atomic E-state index is 10.1. The highest BCUT2D eigenvalue weighted by molar-refractivity contribution is 5.07. The van der Waals surface area contributed by atoms with E-state index in [0.717, 1.165) is 36.5 Å². The molecule has 1 heterocycles. The second-order valence-electron chi connectivity index (χ2n) is 9.24. The summed E-state index contributed by atoms with van der Waals surface area (Å²) in [7, 11) is 0. The van der Waals surface area contributed by atoms with Crippen LogP contribution >= 0.6 is 0 Å². The summed E-state index contributed by atoms with van der Waals surface area (Å²) in [4.78, 5) is 0. The lowest BCUT2D eigenvalue weighted by Gasteiger charge is -2.62. The highest BCUT2D eigenvalue weighted by Crippen LogP contribution is 2.63. The Kier molecular flexibility index (Phi) is 3.43. The van der Waals surface area contributed by atoms with Gasteiger partial charge >= 0.3 is 0 Å². The lowest BCUT2D eigenvalue weighted by atomic mass is 9.44. The van der Waals surface area contributed by atoms with Gasteiger partial charge in [0.15, 0.2) is 0 Å². The first kappa shape index (κ1) is 14.5. The average molecular weight is 291 g/mol. The molecule has 0 aromatic heterocycles. The molecule has 3 aliphatic carbocycles. The van der Waals surface area contributed by atoms with Crippen LogP contribution in [0.3, 0.4) is 0 Å². The molecule has 0 radical (unpaired) electrons. The standard InChI is InChI=1S/C19H33NO/c1-18-8-6-17-15(16(18)7-10-20-12-18)4-3-13-11-14(21)5-9-19(13,17)2/h13-17,20-21H,3-12H2,1-2H3/t13-,14+,15-,16-,17-,18+,19-/m0/s1.